The number of carbonyl (C=O) groups excluding carboxylic acids is 1. The Morgan fingerprint density at radius 2 is 2.17 bits per heavy atom. The monoisotopic (exact) mass is 332 g/mol. The largest absolute Gasteiger partial charge is 0.375 e. The number of rotatable bonds is 4. The van der Waals surface area contributed by atoms with E-state index in [1.165, 1.54) is 12.1 Å². The fourth-order valence-electron chi connectivity index (χ4n) is 2.87. The van der Waals surface area contributed by atoms with Gasteiger partial charge in [-0.15, -0.1) is 5.10 Å². The van der Waals surface area contributed by atoms with Crippen LogP contribution in [0.1, 0.15) is 42.7 Å². The summed E-state index contributed by atoms with van der Waals surface area (Å²) in [6, 6.07) is 6.23. The molecule has 1 aliphatic rings. The summed E-state index contributed by atoms with van der Waals surface area (Å²) in [5.74, 6) is -0.514. The van der Waals surface area contributed by atoms with E-state index in [1.807, 2.05) is 13.8 Å². The maximum atomic E-state index is 12.9. The number of aromatic nitrogens is 3. The van der Waals surface area contributed by atoms with E-state index in [4.69, 9.17) is 4.74 Å². The van der Waals surface area contributed by atoms with Crippen LogP contribution in [0.3, 0.4) is 0 Å². The molecular formula is C17H21FN4O2. The third-order valence-corrected chi connectivity index (χ3v) is 4.06. The van der Waals surface area contributed by atoms with Crippen molar-refractivity contribution < 1.29 is 13.9 Å². The fourth-order valence-corrected chi connectivity index (χ4v) is 2.87. The smallest absolute Gasteiger partial charge is 0.273 e. The van der Waals surface area contributed by atoms with Crippen molar-refractivity contribution >= 4 is 5.91 Å². The van der Waals surface area contributed by atoms with Crippen molar-refractivity contribution in [2.75, 3.05) is 6.61 Å². The Labute approximate surface area is 140 Å². The lowest BCUT2D eigenvalue weighted by Crippen LogP contribution is -2.45. The first kappa shape index (κ1) is 16.6. The quantitative estimate of drug-likeness (QED) is 0.931. The minimum Gasteiger partial charge on any atom is -0.375 e. The van der Waals surface area contributed by atoms with Gasteiger partial charge in [-0.25, -0.2) is 9.07 Å². The van der Waals surface area contributed by atoms with Gasteiger partial charge in [0.1, 0.15) is 5.82 Å². The molecule has 0 saturated carbocycles. The van der Waals surface area contributed by atoms with Crippen LogP contribution in [-0.4, -0.2) is 39.2 Å². The Morgan fingerprint density at radius 3 is 2.88 bits per heavy atom. The van der Waals surface area contributed by atoms with Crippen LogP contribution in [0.5, 0.6) is 0 Å². The number of amides is 1. The van der Waals surface area contributed by atoms with E-state index in [2.05, 4.69) is 15.6 Å². The van der Waals surface area contributed by atoms with Gasteiger partial charge in [-0.1, -0.05) is 17.3 Å². The van der Waals surface area contributed by atoms with Gasteiger partial charge in [0.2, 0.25) is 0 Å². The zero-order chi connectivity index (χ0) is 17.2. The van der Waals surface area contributed by atoms with Crippen LogP contribution < -0.4 is 5.32 Å². The SMILES string of the molecule is CC1(C)CC(NC(=O)c2cn(Cc3ccc(F)cc3)nn2)CCO1. The topological polar surface area (TPSA) is 69.0 Å². The zero-order valence-electron chi connectivity index (χ0n) is 13.8. The Hall–Kier alpha value is -2.28. The summed E-state index contributed by atoms with van der Waals surface area (Å²) in [6.07, 6.45) is 3.16. The van der Waals surface area contributed by atoms with Gasteiger partial charge < -0.3 is 10.1 Å². The van der Waals surface area contributed by atoms with Crippen LogP contribution in [0.2, 0.25) is 0 Å². The van der Waals surface area contributed by atoms with Gasteiger partial charge in [0.25, 0.3) is 5.91 Å². The number of halogens is 1. The first-order valence-electron chi connectivity index (χ1n) is 8.01. The Kier molecular flexibility index (Phi) is 4.62. The number of nitrogens with zero attached hydrogens (tertiary/aromatic N) is 3. The first-order valence-corrected chi connectivity index (χ1v) is 8.01. The van der Waals surface area contributed by atoms with Gasteiger partial charge >= 0.3 is 0 Å². The summed E-state index contributed by atoms with van der Waals surface area (Å²) in [5, 5.41) is 10.9. The summed E-state index contributed by atoms with van der Waals surface area (Å²) < 4.78 is 20.1. The van der Waals surface area contributed by atoms with E-state index in [-0.39, 0.29) is 29.1 Å². The molecule has 1 N–H and O–H groups in total. The average Bonchev–Trinajstić information content (AvgIpc) is 2.97. The highest BCUT2D eigenvalue weighted by molar-refractivity contribution is 5.92. The lowest BCUT2D eigenvalue weighted by Gasteiger charge is -2.35. The number of benzene rings is 1. The maximum Gasteiger partial charge on any atom is 0.273 e. The molecule has 128 valence electrons. The van der Waals surface area contributed by atoms with E-state index in [1.54, 1.807) is 23.0 Å². The van der Waals surface area contributed by atoms with Gasteiger partial charge in [0, 0.05) is 12.6 Å². The molecule has 1 aromatic carbocycles. The molecule has 0 spiro atoms. The molecule has 1 saturated heterocycles. The van der Waals surface area contributed by atoms with E-state index in [0.717, 1.165) is 18.4 Å². The van der Waals surface area contributed by atoms with E-state index >= 15 is 0 Å². The van der Waals surface area contributed by atoms with E-state index < -0.39 is 0 Å². The highest BCUT2D eigenvalue weighted by Gasteiger charge is 2.30. The van der Waals surface area contributed by atoms with E-state index in [0.29, 0.717) is 13.2 Å². The van der Waals surface area contributed by atoms with Gasteiger partial charge in [-0.05, 0) is 44.4 Å². The molecule has 1 aromatic heterocycles. The Balaban J connectivity index is 1.60. The van der Waals surface area contributed by atoms with Crippen LogP contribution in [0.4, 0.5) is 4.39 Å². The maximum absolute atomic E-state index is 12.9. The van der Waals surface area contributed by atoms with Crippen molar-refractivity contribution in [3.8, 4) is 0 Å². The summed E-state index contributed by atoms with van der Waals surface area (Å²) in [5.41, 5.74) is 0.942. The molecule has 1 unspecified atom stereocenters. The Bertz CT molecular complexity index is 712. The van der Waals surface area contributed by atoms with Crippen LogP contribution in [-0.2, 0) is 11.3 Å². The molecule has 0 radical (unpaired) electrons. The summed E-state index contributed by atoms with van der Waals surface area (Å²) in [4.78, 5) is 12.3. The fraction of sp³-hybridized carbons (Fsp3) is 0.471. The molecule has 1 atom stereocenters. The zero-order valence-corrected chi connectivity index (χ0v) is 13.8. The van der Waals surface area contributed by atoms with Crippen molar-refractivity contribution in [1.82, 2.24) is 20.3 Å². The van der Waals surface area contributed by atoms with Gasteiger partial charge in [0.05, 0.1) is 18.3 Å². The lowest BCUT2D eigenvalue weighted by atomic mass is 9.94. The molecule has 0 bridgehead atoms. The number of hydrogen-bond donors (Lipinski definition) is 1. The van der Waals surface area contributed by atoms with Gasteiger partial charge in [0.15, 0.2) is 5.69 Å². The third-order valence-electron chi connectivity index (χ3n) is 4.06. The van der Waals surface area contributed by atoms with Crippen molar-refractivity contribution in [2.24, 2.45) is 0 Å². The van der Waals surface area contributed by atoms with Crippen molar-refractivity contribution in [3.05, 3.63) is 47.5 Å². The second kappa shape index (κ2) is 6.68. The van der Waals surface area contributed by atoms with E-state index in [9.17, 15) is 9.18 Å². The summed E-state index contributed by atoms with van der Waals surface area (Å²) in [6.45, 7) is 5.11. The minimum atomic E-state index is -0.281. The number of hydrogen-bond acceptors (Lipinski definition) is 4. The summed E-state index contributed by atoms with van der Waals surface area (Å²) >= 11 is 0. The highest BCUT2D eigenvalue weighted by atomic mass is 19.1. The van der Waals surface area contributed by atoms with Crippen LogP contribution in [0.25, 0.3) is 0 Å². The third kappa shape index (κ3) is 4.17. The second-order valence-corrected chi connectivity index (χ2v) is 6.70. The molecule has 24 heavy (non-hydrogen) atoms. The summed E-state index contributed by atoms with van der Waals surface area (Å²) in [7, 11) is 0. The highest BCUT2D eigenvalue weighted by Crippen LogP contribution is 2.24. The average molecular weight is 332 g/mol. The van der Waals surface area contributed by atoms with Gasteiger partial charge in [-0.3, -0.25) is 4.79 Å². The van der Waals surface area contributed by atoms with Crippen molar-refractivity contribution in [3.63, 3.8) is 0 Å². The molecule has 3 rings (SSSR count). The molecule has 7 heteroatoms. The molecule has 0 aliphatic carbocycles. The predicted octanol–water partition coefficient (Wildman–Crippen LogP) is 2.15. The number of nitrogens with one attached hydrogen (secondary N) is 1. The Morgan fingerprint density at radius 1 is 1.42 bits per heavy atom. The van der Waals surface area contributed by atoms with Crippen LogP contribution in [0.15, 0.2) is 30.5 Å². The van der Waals surface area contributed by atoms with Gasteiger partial charge in [-0.2, -0.15) is 0 Å². The molecule has 1 fully saturated rings. The standard InChI is InChI=1S/C17H21FN4O2/c1-17(2)9-14(7-8-24-17)19-16(23)15-11-22(21-20-15)10-12-3-5-13(18)6-4-12/h3-6,11,14H,7-10H2,1-2H3,(H,19,23). The molecule has 1 aliphatic heterocycles. The molecule has 2 aromatic rings. The molecule has 6 nitrogen and oxygen atoms in total. The van der Waals surface area contributed by atoms with Crippen molar-refractivity contribution in [2.45, 2.75) is 44.9 Å². The molecule has 1 amide bonds. The number of ether oxygens (including phenoxy) is 1. The first-order chi connectivity index (χ1) is 11.4. The number of carbonyl (C=O) groups is 1. The van der Waals surface area contributed by atoms with Crippen LogP contribution >= 0.6 is 0 Å². The molecular weight excluding hydrogens is 311 g/mol. The molecule has 2 heterocycles. The normalized spacial score (nSPS) is 19.9. The van der Waals surface area contributed by atoms with Crippen molar-refractivity contribution in [1.29, 1.82) is 0 Å². The van der Waals surface area contributed by atoms with Crippen LogP contribution in [0, 0.1) is 5.82 Å². The minimum absolute atomic E-state index is 0.0727. The lowest BCUT2D eigenvalue weighted by molar-refractivity contribution is -0.0615. The second-order valence-electron chi connectivity index (χ2n) is 6.70. The predicted molar refractivity (Wildman–Crippen MR) is 86.0 cm³/mol.